The van der Waals surface area contributed by atoms with Crippen molar-refractivity contribution in [2.75, 3.05) is 6.61 Å². The predicted octanol–water partition coefficient (Wildman–Crippen LogP) is 1.74. The smallest absolute Gasteiger partial charge is 0.205 e. The number of aliphatic hydroxyl groups excluding tert-OH is 1. The Morgan fingerprint density at radius 3 is 2.87 bits per heavy atom. The molecule has 0 saturated carbocycles. The van der Waals surface area contributed by atoms with Crippen LogP contribution in [0.5, 0.6) is 5.75 Å². The van der Waals surface area contributed by atoms with Gasteiger partial charge >= 0.3 is 0 Å². The first-order chi connectivity index (χ1) is 7.11. The van der Waals surface area contributed by atoms with Crippen LogP contribution in [0.4, 0.5) is 0 Å². The lowest BCUT2D eigenvalue weighted by molar-refractivity contribution is -0.188. The second-order valence-electron chi connectivity index (χ2n) is 4.24. The van der Waals surface area contributed by atoms with Gasteiger partial charge in [-0.25, -0.2) is 0 Å². The molecule has 2 rings (SSSR count). The molecule has 0 aliphatic carbocycles. The molecule has 0 aromatic heterocycles. The Hall–Kier alpha value is -1.06. The number of hydrogen-bond acceptors (Lipinski definition) is 3. The predicted molar refractivity (Wildman–Crippen MR) is 56.8 cm³/mol. The van der Waals surface area contributed by atoms with Crippen LogP contribution in [0, 0.1) is 0 Å². The second kappa shape index (κ2) is 3.83. The van der Waals surface area contributed by atoms with E-state index in [1.165, 1.54) is 0 Å². The van der Waals surface area contributed by atoms with E-state index in [2.05, 4.69) is 0 Å². The highest BCUT2D eigenvalue weighted by atomic mass is 16.7. The third-order valence-corrected chi connectivity index (χ3v) is 2.43. The van der Waals surface area contributed by atoms with Gasteiger partial charge in [0.05, 0.1) is 12.7 Å². The van der Waals surface area contributed by atoms with Gasteiger partial charge in [-0.05, 0) is 11.6 Å². The van der Waals surface area contributed by atoms with Crippen molar-refractivity contribution in [1.82, 2.24) is 0 Å². The summed E-state index contributed by atoms with van der Waals surface area (Å²) < 4.78 is 11.4. The largest absolute Gasteiger partial charge is 0.463 e. The maximum Gasteiger partial charge on any atom is 0.205 e. The summed E-state index contributed by atoms with van der Waals surface area (Å²) in [4.78, 5) is 0. The molecule has 0 bridgehead atoms. The number of rotatable bonds is 1. The number of fused-ring (bicyclic) bond motifs is 1. The molecular formula is C12H16O3. The van der Waals surface area contributed by atoms with Crippen molar-refractivity contribution in [2.24, 2.45) is 0 Å². The number of benzene rings is 1. The summed E-state index contributed by atoms with van der Waals surface area (Å²) in [5, 5.41) is 9.19. The van der Waals surface area contributed by atoms with E-state index in [0.29, 0.717) is 6.42 Å². The molecule has 0 fully saturated rings. The Kier molecular flexibility index (Phi) is 2.67. The summed E-state index contributed by atoms with van der Waals surface area (Å²) in [6, 6.07) is 7.84. The van der Waals surface area contributed by atoms with Crippen molar-refractivity contribution in [3.05, 3.63) is 29.8 Å². The minimum atomic E-state index is -0.681. The lowest BCUT2D eigenvalue weighted by Gasteiger charge is -2.27. The average Bonchev–Trinajstić information content (AvgIpc) is 2.31. The zero-order valence-electron chi connectivity index (χ0n) is 9.06. The van der Waals surface area contributed by atoms with Crippen molar-refractivity contribution in [2.45, 2.75) is 32.2 Å². The maximum absolute atomic E-state index is 9.19. The quantitative estimate of drug-likeness (QED) is 0.764. The van der Waals surface area contributed by atoms with Crippen molar-refractivity contribution in [3.63, 3.8) is 0 Å². The van der Waals surface area contributed by atoms with Crippen LogP contribution in [0.3, 0.4) is 0 Å². The summed E-state index contributed by atoms with van der Waals surface area (Å²) in [7, 11) is 0. The molecule has 3 heteroatoms. The van der Waals surface area contributed by atoms with E-state index in [9.17, 15) is 5.11 Å². The van der Waals surface area contributed by atoms with Crippen LogP contribution in [0.15, 0.2) is 24.3 Å². The molecule has 1 heterocycles. The molecule has 1 unspecified atom stereocenters. The third kappa shape index (κ3) is 2.30. The van der Waals surface area contributed by atoms with Gasteiger partial charge in [0.15, 0.2) is 0 Å². The topological polar surface area (TPSA) is 38.7 Å². The minimum Gasteiger partial charge on any atom is -0.463 e. The van der Waals surface area contributed by atoms with Crippen LogP contribution in [-0.2, 0) is 11.2 Å². The van der Waals surface area contributed by atoms with Gasteiger partial charge in [-0.2, -0.15) is 0 Å². The van der Waals surface area contributed by atoms with Crippen molar-refractivity contribution < 1.29 is 14.6 Å². The Balaban J connectivity index is 2.34. The Labute approximate surface area is 89.6 Å². The number of hydrogen-bond donors (Lipinski definition) is 1. The van der Waals surface area contributed by atoms with Crippen LogP contribution >= 0.6 is 0 Å². The molecule has 3 nitrogen and oxygen atoms in total. The molecule has 15 heavy (non-hydrogen) atoms. The van der Waals surface area contributed by atoms with Crippen LogP contribution in [0.1, 0.15) is 19.4 Å². The van der Waals surface area contributed by atoms with Crippen molar-refractivity contribution in [3.8, 4) is 5.75 Å². The first-order valence-electron chi connectivity index (χ1n) is 5.16. The lowest BCUT2D eigenvalue weighted by atomic mass is 10.1. The highest BCUT2D eigenvalue weighted by Crippen LogP contribution is 2.30. The van der Waals surface area contributed by atoms with Gasteiger partial charge in [0, 0.05) is 20.3 Å². The number of para-hydroxylation sites is 1. The van der Waals surface area contributed by atoms with Gasteiger partial charge < -0.3 is 14.6 Å². The van der Waals surface area contributed by atoms with Gasteiger partial charge in [-0.15, -0.1) is 0 Å². The molecule has 0 radical (unpaired) electrons. The van der Waals surface area contributed by atoms with Gasteiger partial charge in [0.1, 0.15) is 5.75 Å². The van der Waals surface area contributed by atoms with Gasteiger partial charge in [-0.1, -0.05) is 18.2 Å². The number of aliphatic hydroxyl groups is 1. The fraction of sp³-hybridized carbons (Fsp3) is 0.500. The van der Waals surface area contributed by atoms with Crippen LogP contribution in [-0.4, -0.2) is 23.6 Å². The van der Waals surface area contributed by atoms with E-state index in [1.807, 2.05) is 38.1 Å². The fourth-order valence-electron chi connectivity index (χ4n) is 1.85. The summed E-state index contributed by atoms with van der Waals surface area (Å²) in [6.45, 7) is 3.73. The Morgan fingerprint density at radius 1 is 1.40 bits per heavy atom. The molecule has 1 aliphatic rings. The highest BCUT2D eigenvalue weighted by Gasteiger charge is 2.30. The molecule has 1 aliphatic heterocycles. The molecule has 0 spiro atoms. The fourth-order valence-corrected chi connectivity index (χ4v) is 1.85. The molecule has 1 N–H and O–H groups in total. The zero-order chi connectivity index (χ0) is 10.9. The first kappa shape index (κ1) is 10.5. The molecular weight excluding hydrogens is 192 g/mol. The van der Waals surface area contributed by atoms with E-state index in [0.717, 1.165) is 11.3 Å². The molecule has 82 valence electrons. The molecule has 0 amide bonds. The van der Waals surface area contributed by atoms with Crippen molar-refractivity contribution in [1.29, 1.82) is 0 Å². The molecule has 0 saturated heterocycles. The van der Waals surface area contributed by atoms with E-state index < -0.39 is 5.79 Å². The standard InChI is InChI=1S/C12H16O3/c1-12(2)14-10(8-13)7-9-5-3-4-6-11(9)15-12/h3-6,10,13H,7-8H2,1-2H3. The van der Waals surface area contributed by atoms with E-state index >= 15 is 0 Å². The first-order valence-corrected chi connectivity index (χ1v) is 5.16. The maximum atomic E-state index is 9.19. The summed E-state index contributed by atoms with van der Waals surface area (Å²) >= 11 is 0. The summed E-state index contributed by atoms with van der Waals surface area (Å²) in [6.07, 6.45) is 0.500. The van der Waals surface area contributed by atoms with Gasteiger partial charge in [-0.3, -0.25) is 0 Å². The number of ether oxygens (including phenoxy) is 2. The van der Waals surface area contributed by atoms with Gasteiger partial charge in [0.25, 0.3) is 0 Å². The minimum absolute atomic E-state index is 0.0150. The Bertz CT molecular complexity index is 346. The van der Waals surface area contributed by atoms with Gasteiger partial charge in [0.2, 0.25) is 5.79 Å². The molecule has 1 aromatic carbocycles. The zero-order valence-corrected chi connectivity index (χ0v) is 9.06. The second-order valence-corrected chi connectivity index (χ2v) is 4.24. The van der Waals surface area contributed by atoms with E-state index in [1.54, 1.807) is 0 Å². The molecule has 1 aromatic rings. The normalized spacial score (nSPS) is 23.8. The summed E-state index contributed by atoms with van der Waals surface area (Å²) in [5.74, 6) is 0.165. The lowest BCUT2D eigenvalue weighted by Crippen LogP contribution is -2.36. The monoisotopic (exact) mass is 208 g/mol. The van der Waals surface area contributed by atoms with Crippen LogP contribution in [0.2, 0.25) is 0 Å². The SMILES string of the molecule is CC1(C)Oc2ccccc2CC(CO)O1. The van der Waals surface area contributed by atoms with Crippen LogP contribution in [0.25, 0.3) is 0 Å². The average molecular weight is 208 g/mol. The van der Waals surface area contributed by atoms with Crippen LogP contribution < -0.4 is 4.74 Å². The van der Waals surface area contributed by atoms with E-state index in [4.69, 9.17) is 9.47 Å². The highest BCUT2D eigenvalue weighted by molar-refractivity contribution is 5.34. The summed E-state index contributed by atoms with van der Waals surface area (Å²) in [5.41, 5.74) is 1.09. The van der Waals surface area contributed by atoms with Crippen molar-refractivity contribution >= 4 is 0 Å². The Morgan fingerprint density at radius 2 is 2.13 bits per heavy atom. The third-order valence-electron chi connectivity index (χ3n) is 2.43. The molecule has 1 atom stereocenters. The van der Waals surface area contributed by atoms with E-state index in [-0.39, 0.29) is 12.7 Å².